The van der Waals surface area contributed by atoms with Crippen molar-refractivity contribution in [3.05, 3.63) is 63.6 Å². The molecule has 0 saturated carbocycles. The summed E-state index contributed by atoms with van der Waals surface area (Å²) in [6, 6.07) is 14.5. The van der Waals surface area contributed by atoms with E-state index in [1.807, 2.05) is 18.2 Å². The van der Waals surface area contributed by atoms with Crippen LogP contribution in [-0.4, -0.2) is 61.6 Å². The highest BCUT2D eigenvalue weighted by Crippen LogP contribution is 2.33. The SMILES string of the molecule is CN1CCN(Cc2ccccc2)CC(NC(=O)c2cc(Br)cc3c2OCC3)C1. The van der Waals surface area contributed by atoms with Gasteiger partial charge in [-0.1, -0.05) is 46.3 Å². The lowest BCUT2D eigenvalue weighted by Crippen LogP contribution is -2.46. The van der Waals surface area contributed by atoms with Crippen LogP contribution in [-0.2, 0) is 13.0 Å². The fourth-order valence-electron chi connectivity index (χ4n) is 4.02. The normalized spacial score (nSPS) is 20.3. The molecule has 148 valence electrons. The van der Waals surface area contributed by atoms with E-state index in [2.05, 4.69) is 62.4 Å². The average Bonchev–Trinajstić information content (AvgIpc) is 3.07. The number of benzene rings is 2. The summed E-state index contributed by atoms with van der Waals surface area (Å²) >= 11 is 3.53. The number of likely N-dealkylation sites (N-methyl/N-ethyl adjacent to an activating group) is 1. The summed E-state index contributed by atoms with van der Waals surface area (Å²) in [7, 11) is 2.12. The van der Waals surface area contributed by atoms with Gasteiger partial charge in [0.25, 0.3) is 5.91 Å². The van der Waals surface area contributed by atoms with Crippen LogP contribution >= 0.6 is 15.9 Å². The van der Waals surface area contributed by atoms with Gasteiger partial charge in [-0.25, -0.2) is 0 Å². The second-order valence-electron chi connectivity index (χ2n) is 7.69. The molecule has 0 aliphatic carbocycles. The number of halogens is 1. The molecule has 28 heavy (non-hydrogen) atoms. The van der Waals surface area contributed by atoms with Crippen LogP contribution in [0, 0.1) is 0 Å². The molecule has 0 aromatic heterocycles. The predicted octanol–water partition coefficient (Wildman–Crippen LogP) is 2.93. The van der Waals surface area contributed by atoms with Crippen molar-refractivity contribution in [3.8, 4) is 5.75 Å². The Morgan fingerprint density at radius 2 is 2.04 bits per heavy atom. The van der Waals surface area contributed by atoms with E-state index in [0.29, 0.717) is 12.2 Å². The zero-order valence-electron chi connectivity index (χ0n) is 16.2. The Morgan fingerprint density at radius 1 is 1.21 bits per heavy atom. The second-order valence-corrected chi connectivity index (χ2v) is 8.61. The lowest BCUT2D eigenvalue weighted by atomic mass is 10.1. The number of ether oxygens (including phenoxy) is 1. The van der Waals surface area contributed by atoms with Crippen LogP contribution in [0.25, 0.3) is 0 Å². The molecule has 0 bridgehead atoms. The predicted molar refractivity (Wildman–Crippen MR) is 114 cm³/mol. The highest BCUT2D eigenvalue weighted by atomic mass is 79.9. The molecule has 5 nitrogen and oxygen atoms in total. The standard InChI is InChI=1S/C22H26BrN3O2/c1-25-8-9-26(13-16-5-3-2-4-6-16)15-19(14-25)24-22(27)20-12-18(23)11-17-7-10-28-21(17)20/h2-6,11-12,19H,7-10,13-15H2,1H3,(H,24,27). The van der Waals surface area contributed by atoms with Crippen LogP contribution in [0.4, 0.5) is 0 Å². The van der Waals surface area contributed by atoms with Gasteiger partial charge in [0.05, 0.1) is 18.2 Å². The summed E-state index contributed by atoms with van der Waals surface area (Å²) in [6.07, 6.45) is 0.853. The zero-order valence-corrected chi connectivity index (χ0v) is 17.7. The van der Waals surface area contributed by atoms with Gasteiger partial charge in [0.1, 0.15) is 5.75 Å². The van der Waals surface area contributed by atoms with Gasteiger partial charge in [-0.2, -0.15) is 0 Å². The average molecular weight is 444 g/mol. The number of hydrogen-bond acceptors (Lipinski definition) is 4. The largest absolute Gasteiger partial charge is 0.492 e. The van der Waals surface area contributed by atoms with Gasteiger partial charge in [-0.15, -0.1) is 0 Å². The van der Waals surface area contributed by atoms with E-state index in [1.54, 1.807) is 0 Å². The fourth-order valence-corrected chi connectivity index (χ4v) is 4.52. The third-order valence-corrected chi connectivity index (χ3v) is 5.84. The minimum Gasteiger partial charge on any atom is -0.492 e. The monoisotopic (exact) mass is 443 g/mol. The van der Waals surface area contributed by atoms with E-state index in [-0.39, 0.29) is 11.9 Å². The first-order valence-corrected chi connectivity index (χ1v) is 10.6. The van der Waals surface area contributed by atoms with Crippen LogP contribution in [0.5, 0.6) is 5.75 Å². The molecule has 1 saturated heterocycles. The third-order valence-electron chi connectivity index (χ3n) is 5.39. The second kappa shape index (κ2) is 8.64. The molecule has 2 aromatic carbocycles. The van der Waals surface area contributed by atoms with Crippen LogP contribution in [0.15, 0.2) is 46.9 Å². The summed E-state index contributed by atoms with van der Waals surface area (Å²) < 4.78 is 6.66. The molecule has 2 heterocycles. The van der Waals surface area contributed by atoms with Gasteiger partial charge < -0.3 is 15.0 Å². The molecule has 1 atom stereocenters. The number of nitrogens with one attached hydrogen (secondary N) is 1. The number of carbonyl (C=O) groups is 1. The van der Waals surface area contributed by atoms with E-state index >= 15 is 0 Å². The van der Waals surface area contributed by atoms with E-state index in [4.69, 9.17) is 4.74 Å². The summed E-state index contributed by atoms with van der Waals surface area (Å²) in [5.41, 5.74) is 3.03. The van der Waals surface area contributed by atoms with Gasteiger partial charge in [0.15, 0.2) is 0 Å². The molecule has 0 radical (unpaired) electrons. The lowest BCUT2D eigenvalue weighted by Gasteiger charge is -2.25. The van der Waals surface area contributed by atoms with Crippen molar-refractivity contribution in [2.24, 2.45) is 0 Å². The number of hydrogen-bond donors (Lipinski definition) is 1. The van der Waals surface area contributed by atoms with Crippen LogP contribution in [0.3, 0.4) is 0 Å². The smallest absolute Gasteiger partial charge is 0.255 e. The first-order valence-electron chi connectivity index (χ1n) is 9.79. The number of amides is 1. The Kier molecular flexibility index (Phi) is 5.99. The summed E-state index contributed by atoms with van der Waals surface area (Å²) in [5, 5.41) is 3.26. The van der Waals surface area contributed by atoms with E-state index in [1.165, 1.54) is 5.56 Å². The summed E-state index contributed by atoms with van der Waals surface area (Å²) in [4.78, 5) is 17.8. The van der Waals surface area contributed by atoms with Crippen LogP contribution in [0.2, 0.25) is 0 Å². The molecular formula is C22H26BrN3O2. The maximum atomic E-state index is 13.1. The summed E-state index contributed by atoms with van der Waals surface area (Å²) in [6.45, 7) is 5.21. The number of nitrogens with zero attached hydrogens (tertiary/aromatic N) is 2. The Balaban J connectivity index is 1.47. The zero-order chi connectivity index (χ0) is 19.5. The maximum Gasteiger partial charge on any atom is 0.255 e. The third kappa shape index (κ3) is 4.57. The molecule has 2 aromatic rings. The molecule has 1 amide bonds. The van der Waals surface area contributed by atoms with Crippen LogP contribution in [0.1, 0.15) is 21.5 Å². The number of fused-ring (bicyclic) bond motifs is 1. The Bertz CT molecular complexity index is 843. The minimum atomic E-state index is -0.0561. The quantitative estimate of drug-likeness (QED) is 0.788. The van der Waals surface area contributed by atoms with Gasteiger partial charge in [-0.3, -0.25) is 9.69 Å². The highest BCUT2D eigenvalue weighted by Gasteiger charge is 2.26. The molecule has 0 spiro atoms. The molecule has 2 aliphatic rings. The van der Waals surface area contributed by atoms with Crippen molar-refractivity contribution in [2.45, 2.75) is 19.0 Å². The number of carbonyl (C=O) groups excluding carboxylic acids is 1. The lowest BCUT2D eigenvalue weighted by molar-refractivity contribution is 0.0920. The Hall–Kier alpha value is -1.89. The Labute approximate surface area is 174 Å². The minimum absolute atomic E-state index is 0.0561. The van der Waals surface area contributed by atoms with Crippen molar-refractivity contribution < 1.29 is 9.53 Å². The molecule has 1 unspecified atom stereocenters. The molecule has 2 aliphatic heterocycles. The van der Waals surface area contributed by atoms with Gasteiger partial charge in [0, 0.05) is 43.6 Å². The van der Waals surface area contributed by atoms with Crippen molar-refractivity contribution in [1.29, 1.82) is 0 Å². The van der Waals surface area contributed by atoms with Crippen molar-refractivity contribution in [2.75, 3.05) is 39.8 Å². The highest BCUT2D eigenvalue weighted by molar-refractivity contribution is 9.10. The first-order chi connectivity index (χ1) is 13.6. The molecule has 6 heteroatoms. The van der Waals surface area contributed by atoms with Gasteiger partial charge in [0.2, 0.25) is 0 Å². The molecule has 1 N–H and O–H groups in total. The van der Waals surface area contributed by atoms with E-state index in [9.17, 15) is 4.79 Å². The number of rotatable bonds is 4. The van der Waals surface area contributed by atoms with Crippen molar-refractivity contribution >= 4 is 21.8 Å². The van der Waals surface area contributed by atoms with Crippen LogP contribution < -0.4 is 10.1 Å². The van der Waals surface area contributed by atoms with Crippen molar-refractivity contribution in [1.82, 2.24) is 15.1 Å². The van der Waals surface area contributed by atoms with E-state index in [0.717, 1.165) is 54.9 Å². The maximum absolute atomic E-state index is 13.1. The van der Waals surface area contributed by atoms with E-state index < -0.39 is 0 Å². The fraction of sp³-hybridized carbons (Fsp3) is 0.409. The Morgan fingerprint density at radius 3 is 2.86 bits per heavy atom. The topological polar surface area (TPSA) is 44.8 Å². The van der Waals surface area contributed by atoms with Gasteiger partial charge >= 0.3 is 0 Å². The first kappa shape index (κ1) is 19.4. The molecule has 1 fully saturated rings. The molecular weight excluding hydrogens is 418 g/mol. The van der Waals surface area contributed by atoms with Gasteiger partial charge in [-0.05, 0) is 30.3 Å². The summed E-state index contributed by atoms with van der Waals surface area (Å²) in [5.74, 6) is 0.684. The molecule has 4 rings (SSSR count). The van der Waals surface area contributed by atoms with Crippen molar-refractivity contribution in [3.63, 3.8) is 0 Å².